The zero-order valence-electron chi connectivity index (χ0n) is 10.4. The van der Waals surface area contributed by atoms with Crippen LogP contribution in [0.25, 0.3) is 21.8 Å². The number of rotatable bonds is 2. The summed E-state index contributed by atoms with van der Waals surface area (Å²) in [6.45, 7) is 0. The normalized spacial score (nSPS) is 10.5. The number of methoxy groups -OCH3 is 1. The van der Waals surface area contributed by atoms with Crippen LogP contribution in [-0.4, -0.2) is 18.1 Å². The summed E-state index contributed by atoms with van der Waals surface area (Å²) in [5.41, 5.74) is 2.96. The van der Waals surface area contributed by atoms with E-state index >= 15 is 0 Å². The zero-order chi connectivity index (χ0) is 13.4. The molecule has 0 saturated carbocycles. The first-order valence-electron chi connectivity index (χ1n) is 5.94. The van der Waals surface area contributed by atoms with Gasteiger partial charge in [0.1, 0.15) is 0 Å². The topological polar surface area (TPSA) is 42.1 Å². The van der Waals surface area contributed by atoms with Crippen LogP contribution in [0.1, 0.15) is 13.0 Å². The number of hydrogen-bond donors (Lipinski definition) is 1. The van der Waals surface area contributed by atoms with Crippen molar-refractivity contribution < 1.29 is 9.53 Å². The third-order valence-electron chi connectivity index (χ3n) is 3.20. The number of aromatic nitrogens is 1. The van der Waals surface area contributed by atoms with Crippen LogP contribution in [0.15, 0.2) is 36.4 Å². The van der Waals surface area contributed by atoms with Crippen LogP contribution < -0.4 is 0 Å². The Bertz CT molecular complexity index is 777. The number of nitrogens with one attached hydrogen (secondary N) is 1. The Kier molecular flexibility index (Phi) is 4.00. The van der Waals surface area contributed by atoms with Crippen LogP contribution in [-0.2, 0) is 16.0 Å². The molecule has 0 fully saturated rings. The molecular formula is C16H16ClNO2. The number of hydrogen-bond acceptors (Lipinski definition) is 2. The minimum atomic E-state index is -0.237. The number of carbonyl (C=O) groups excluding carboxylic acids is 1. The van der Waals surface area contributed by atoms with Crippen molar-refractivity contribution in [2.45, 2.75) is 13.8 Å². The average Bonchev–Trinajstić information content (AvgIpc) is 2.75. The molecule has 4 heteroatoms. The number of fused-ring (bicyclic) bond motifs is 3. The quantitative estimate of drug-likeness (QED) is 0.714. The Hall–Kier alpha value is -2.00. The molecule has 3 rings (SSSR count). The lowest BCUT2D eigenvalue weighted by atomic mass is 10.1. The number of esters is 1. The Morgan fingerprint density at radius 2 is 1.95 bits per heavy atom. The molecule has 0 aliphatic heterocycles. The van der Waals surface area contributed by atoms with Gasteiger partial charge >= 0.3 is 5.97 Å². The Balaban J connectivity index is 0.00000147. The van der Waals surface area contributed by atoms with Crippen LogP contribution in [0.3, 0.4) is 0 Å². The summed E-state index contributed by atoms with van der Waals surface area (Å²) in [6.07, 6.45) is 0.280. The van der Waals surface area contributed by atoms with Gasteiger partial charge in [0.2, 0.25) is 0 Å². The molecule has 0 amide bonds. The van der Waals surface area contributed by atoms with Gasteiger partial charge in [0.05, 0.1) is 13.5 Å². The van der Waals surface area contributed by atoms with Gasteiger partial charge in [-0.15, -0.1) is 0 Å². The molecule has 3 aromatic rings. The fourth-order valence-electron chi connectivity index (χ4n) is 2.27. The average molecular weight is 290 g/mol. The lowest BCUT2D eigenvalue weighted by Crippen LogP contribution is -2.04. The van der Waals surface area contributed by atoms with Gasteiger partial charge in [0.25, 0.3) is 0 Å². The van der Waals surface area contributed by atoms with Crippen LogP contribution in [0, 0.1) is 0 Å². The minimum absolute atomic E-state index is 0. The number of carbonyl (C=O) groups is 1. The maximum Gasteiger partial charge on any atom is 0.309 e. The van der Waals surface area contributed by atoms with Crippen LogP contribution in [0.2, 0.25) is 5.02 Å². The highest BCUT2D eigenvalue weighted by Crippen LogP contribution is 2.28. The molecule has 0 bridgehead atoms. The van der Waals surface area contributed by atoms with Gasteiger partial charge in [-0.25, -0.2) is 0 Å². The van der Waals surface area contributed by atoms with Crippen LogP contribution >= 0.6 is 11.6 Å². The minimum Gasteiger partial charge on any atom is -0.469 e. The Morgan fingerprint density at radius 3 is 2.70 bits per heavy atom. The van der Waals surface area contributed by atoms with Crippen molar-refractivity contribution in [2.24, 2.45) is 0 Å². The van der Waals surface area contributed by atoms with Crippen molar-refractivity contribution >= 4 is 39.4 Å². The van der Waals surface area contributed by atoms with Crippen molar-refractivity contribution in [1.29, 1.82) is 0 Å². The van der Waals surface area contributed by atoms with Gasteiger partial charge in [-0.05, 0) is 29.8 Å². The first-order valence-corrected chi connectivity index (χ1v) is 6.32. The van der Waals surface area contributed by atoms with Gasteiger partial charge < -0.3 is 9.72 Å². The van der Waals surface area contributed by atoms with Crippen molar-refractivity contribution in [3.63, 3.8) is 0 Å². The summed E-state index contributed by atoms with van der Waals surface area (Å²) in [7, 11) is 1.39. The summed E-state index contributed by atoms with van der Waals surface area (Å²) >= 11 is 6.02. The summed E-state index contributed by atoms with van der Waals surface area (Å²) in [4.78, 5) is 14.6. The third-order valence-corrected chi connectivity index (χ3v) is 3.44. The van der Waals surface area contributed by atoms with E-state index in [2.05, 4.69) is 9.72 Å². The van der Waals surface area contributed by atoms with Gasteiger partial charge in [-0.1, -0.05) is 31.2 Å². The molecule has 2 aromatic carbocycles. The van der Waals surface area contributed by atoms with E-state index in [4.69, 9.17) is 11.6 Å². The summed E-state index contributed by atoms with van der Waals surface area (Å²) in [6, 6.07) is 11.7. The standard InChI is InChI=1S/C15H12ClNO2.CH4/c1-19-15(18)7-9-2-4-11-12-8-10(16)3-5-13(12)17-14(11)6-9;/h2-6,8,17H,7H2,1H3;1H4. The lowest BCUT2D eigenvalue weighted by Gasteiger charge is -2.00. The zero-order valence-corrected chi connectivity index (χ0v) is 11.1. The largest absolute Gasteiger partial charge is 0.469 e. The number of ether oxygens (including phenoxy) is 1. The Labute approximate surface area is 122 Å². The fraction of sp³-hybridized carbons (Fsp3) is 0.188. The monoisotopic (exact) mass is 289 g/mol. The van der Waals surface area contributed by atoms with Gasteiger partial charge in [0, 0.05) is 26.8 Å². The molecule has 3 nitrogen and oxygen atoms in total. The first-order chi connectivity index (χ1) is 9.17. The highest BCUT2D eigenvalue weighted by Gasteiger charge is 2.08. The summed E-state index contributed by atoms with van der Waals surface area (Å²) in [5, 5.41) is 2.91. The van der Waals surface area contributed by atoms with Crippen molar-refractivity contribution in [1.82, 2.24) is 4.98 Å². The molecule has 0 saturated heterocycles. The van der Waals surface area contributed by atoms with E-state index in [0.29, 0.717) is 5.02 Å². The molecule has 1 heterocycles. The van der Waals surface area contributed by atoms with E-state index in [9.17, 15) is 4.79 Å². The predicted octanol–water partition coefficient (Wildman–Crippen LogP) is 4.33. The predicted molar refractivity (Wildman–Crippen MR) is 83.3 cm³/mol. The number of halogens is 1. The van der Waals surface area contributed by atoms with Gasteiger partial charge in [-0.2, -0.15) is 0 Å². The molecule has 0 unspecified atom stereocenters. The third kappa shape index (κ3) is 2.49. The molecule has 20 heavy (non-hydrogen) atoms. The second-order valence-electron chi connectivity index (χ2n) is 4.45. The lowest BCUT2D eigenvalue weighted by molar-refractivity contribution is -0.139. The second kappa shape index (κ2) is 5.55. The molecule has 0 spiro atoms. The maximum absolute atomic E-state index is 11.3. The number of benzene rings is 2. The molecule has 0 radical (unpaired) electrons. The van der Waals surface area contributed by atoms with E-state index < -0.39 is 0 Å². The number of aromatic amines is 1. The highest BCUT2D eigenvalue weighted by atomic mass is 35.5. The molecule has 1 N–H and O–H groups in total. The molecular weight excluding hydrogens is 274 g/mol. The summed E-state index contributed by atoms with van der Waals surface area (Å²) < 4.78 is 4.67. The smallest absolute Gasteiger partial charge is 0.309 e. The maximum atomic E-state index is 11.3. The van der Waals surface area contributed by atoms with E-state index in [1.165, 1.54) is 7.11 Å². The fourth-order valence-corrected chi connectivity index (χ4v) is 2.44. The van der Waals surface area contributed by atoms with Crippen LogP contribution in [0.5, 0.6) is 0 Å². The van der Waals surface area contributed by atoms with Gasteiger partial charge in [0.15, 0.2) is 0 Å². The second-order valence-corrected chi connectivity index (χ2v) is 4.88. The molecule has 0 aliphatic carbocycles. The summed E-state index contributed by atoms with van der Waals surface area (Å²) in [5.74, 6) is -0.237. The molecule has 1 aromatic heterocycles. The Morgan fingerprint density at radius 1 is 1.15 bits per heavy atom. The van der Waals surface area contributed by atoms with E-state index in [-0.39, 0.29) is 19.8 Å². The van der Waals surface area contributed by atoms with Crippen molar-refractivity contribution in [3.05, 3.63) is 47.0 Å². The van der Waals surface area contributed by atoms with E-state index in [0.717, 1.165) is 27.4 Å². The van der Waals surface area contributed by atoms with Crippen LogP contribution in [0.4, 0.5) is 0 Å². The first kappa shape index (κ1) is 14.4. The number of H-pyrrole nitrogens is 1. The van der Waals surface area contributed by atoms with E-state index in [1.54, 1.807) is 0 Å². The van der Waals surface area contributed by atoms with E-state index in [1.807, 2.05) is 36.4 Å². The highest BCUT2D eigenvalue weighted by molar-refractivity contribution is 6.31. The molecule has 0 aliphatic rings. The van der Waals surface area contributed by atoms with Gasteiger partial charge in [-0.3, -0.25) is 4.79 Å². The molecule has 104 valence electrons. The van der Waals surface area contributed by atoms with Crippen molar-refractivity contribution in [3.8, 4) is 0 Å². The van der Waals surface area contributed by atoms with Crippen molar-refractivity contribution in [2.75, 3.05) is 7.11 Å². The molecule has 0 atom stereocenters. The SMILES string of the molecule is C.COC(=O)Cc1ccc2c(c1)[nH]c1ccc(Cl)cc12.